The molecule has 6 heteroatoms. The Hall–Kier alpha value is -1.30. The van der Waals surface area contributed by atoms with E-state index in [0.717, 1.165) is 6.42 Å². The van der Waals surface area contributed by atoms with E-state index < -0.39 is 16.9 Å². The van der Waals surface area contributed by atoms with Crippen molar-refractivity contribution in [3.05, 3.63) is 0 Å². The van der Waals surface area contributed by atoms with E-state index in [9.17, 15) is 14.7 Å². The smallest absolute Gasteiger partial charge is 0.315 e. The van der Waals surface area contributed by atoms with Crippen molar-refractivity contribution < 1.29 is 19.4 Å². The second kappa shape index (κ2) is 7.11. The van der Waals surface area contributed by atoms with Crippen molar-refractivity contribution in [3.8, 4) is 0 Å². The lowest BCUT2D eigenvalue weighted by molar-refractivity contribution is -0.150. The number of hydrogen-bond acceptors (Lipinski definition) is 3. The van der Waals surface area contributed by atoms with E-state index in [1.165, 1.54) is 0 Å². The van der Waals surface area contributed by atoms with Crippen molar-refractivity contribution in [3.63, 3.8) is 0 Å². The number of carboxylic acids is 1. The van der Waals surface area contributed by atoms with Gasteiger partial charge in [-0.3, -0.25) is 4.79 Å². The van der Waals surface area contributed by atoms with Gasteiger partial charge in [-0.05, 0) is 39.5 Å². The maximum atomic E-state index is 12.0. The minimum atomic E-state index is -1.07. The average molecular weight is 302 g/mol. The summed E-state index contributed by atoms with van der Waals surface area (Å²) in [5.41, 5.74) is -2.03. The molecule has 0 atom stereocenters. The third-order valence-electron chi connectivity index (χ3n) is 4.23. The van der Waals surface area contributed by atoms with E-state index in [0.29, 0.717) is 13.2 Å². The minimum Gasteiger partial charge on any atom is -0.481 e. The van der Waals surface area contributed by atoms with Crippen molar-refractivity contribution in [2.24, 2.45) is 10.8 Å². The summed E-state index contributed by atoms with van der Waals surface area (Å²) >= 11 is 0. The molecule has 6 nitrogen and oxygen atoms in total. The lowest BCUT2D eigenvalue weighted by Gasteiger charge is -2.39. The molecule has 0 saturated carbocycles. The van der Waals surface area contributed by atoms with E-state index in [-0.39, 0.29) is 11.4 Å². The molecule has 0 bridgehead atoms. The molecule has 3 N–H and O–H groups in total. The number of urea groups is 1. The van der Waals surface area contributed by atoms with Gasteiger partial charge in [-0.25, -0.2) is 4.79 Å². The van der Waals surface area contributed by atoms with Gasteiger partial charge in [0.2, 0.25) is 0 Å². The number of amides is 2. The Morgan fingerprint density at radius 3 is 2.05 bits per heavy atom. The van der Waals surface area contributed by atoms with Gasteiger partial charge in [0.15, 0.2) is 0 Å². The number of hydrogen-bond donors (Lipinski definition) is 3. The van der Waals surface area contributed by atoms with Crippen LogP contribution in [-0.2, 0) is 9.53 Å². The van der Waals surface area contributed by atoms with Crippen LogP contribution in [0.25, 0.3) is 0 Å². The van der Waals surface area contributed by atoms with Crippen molar-refractivity contribution in [1.82, 2.24) is 10.6 Å². The zero-order valence-electron chi connectivity index (χ0n) is 14.3. The van der Waals surface area contributed by atoms with Gasteiger partial charge in [0.1, 0.15) is 0 Å². The van der Waals surface area contributed by atoms with Crippen molar-refractivity contribution >= 4 is 12.0 Å². The van der Waals surface area contributed by atoms with Crippen LogP contribution in [0.2, 0.25) is 0 Å². The highest BCUT2D eigenvalue weighted by Gasteiger charge is 2.44. The second-order valence-electron chi connectivity index (χ2n) is 7.27. The molecule has 0 spiro atoms. The quantitative estimate of drug-likeness (QED) is 0.641. The Bertz CT molecular complexity index is 376. The molecule has 0 fully saturated rings. The summed E-state index contributed by atoms with van der Waals surface area (Å²) in [7, 11) is 1.65. The number of carbonyl (C=O) groups excluding carboxylic acids is 1. The number of methoxy groups -OCH3 is 1. The summed E-state index contributed by atoms with van der Waals surface area (Å²) in [5, 5.41) is 14.8. The first kappa shape index (κ1) is 19.7. The van der Waals surface area contributed by atoms with Gasteiger partial charge in [0.25, 0.3) is 0 Å². The standard InChI is InChI=1S/C15H30N2O4/c1-13(2,8-9-21-7)10-16-12(20)17-15(5,6)14(3,4)11(18)19/h8-10H2,1-7H3,(H,18,19)(H2,16,17,20). The number of aliphatic carboxylic acids is 1. The monoisotopic (exact) mass is 302 g/mol. The Balaban J connectivity index is 4.54. The number of carbonyl (C=O) groups is 2. The number of nitrogens with one attached hydrogen (secondary N) is 2. The lowest BCUT2D eigenvalue weighted by atomic mass is 9.74. The SMILES string of the molecule is COCCC(C)(C)CNC(=O)NC(C)(C)C(C)(C)C(=O)O. The molecule has 2 amide bonds. The summed E-state index contributed by atoms with van der Waals surface area (Å²) in [6, 6.07) is -0.361. The molecule has 0 aliphatic heterocycles. The molecule has 0 saturated heterocycles. The Morgan fingerprint density at radius 1 is 1.10 bits per heavy atom. The summed E-state index contributed by atoms with van der Waals surface area (Å²) in [6.07, 6.45) is 0.827. The average Bonchev–Trinajstić information content (AvgIpc) is 2.33. The fourth-order valence-corrected chi connectivity index (χ4v) is 1.54. The number of ether oxygens (including phenoxy) is 1. The molecule has 0 heterocycles. The largest absolute Gasteiger partial charge is 0.481 e. The van der Waals surface area contributed by atoms with Crippen LogP contribution in [0.3, 0.4) is 0 Å². The van der Waals surface area contributed by atoms with Crippen LogP contribution in [0.4, 0.5) is 4.79 Å². The molecular weight excluding hydrogens is 272 g/mol. The van der Waals surface area contributed by atoms with E-state index in [1.54, 1.807) is 34.8 Å². The van der Waals surface area contributed by atoms with Gasteiger partial charge in [-0.15, -0.1) is 0 Å². The molecule has 0 aliphatic carbocycles. The molecule has 0 radical (unpaired) electrons. The molecule has 21 heavy (non-hydrogen) atoms. The van der Waals surface area contributed by atoms with Crippen LogP contribution >= 0.6 is 0 Å². The number of carboxylic acid groups (broad SMARTS) is 1. The van der Waals surface area contributed by atoms with Gasteiger partial charge >= 0.3 is 12.0 Å². The van der Waals surface area contributed by atoms with E-state index in [4.69, 9.17) is 4.74 Å². The van der Waals surface area contributed by atoms with Crippen LogP contribution in [0.15, 0.2) is 0 Å². The van der Waals surface area contributed by atoms with Crippen LogP contribution < -0.4 is 10.6 Å². The fourth-order valence-electron chi connectivity index (χ4n) is 1.54. The van der Waals surface area contributed by atoms with Crippen LogP contribution in [0.5, 0.6) is 0 Å². The predicted octanol–water partition coefficient (Wildman–Crippen LogP) is 2.24. The van der Waals surface area contributed by atoms with Crippen LogP contribution in [-0.4, -0.2) is 42.9 Å². The molecule has 0 unspecified atom stereocenters. The van der Waals surface area contributed by atoms with Gasteiger partial charge in [0.05, 0.1) is 11.0 Å². The van der Waals surface area contributed by atoms with Crippen LogP contribution in [0, 0.1) is 10.8 Å². The maximum absolute atomic E-state index is 12.0. The Labute approximate surface area is 127 Å². The highest BCUT2D eigenvalue weighted by molar-refractivity contribution is 5.79. The van der Waals surface area contributed by atoms with Crippen molar-refractivity contribution in [2.45, 2.75) is 53.5 Å². The highest BCUT2D eigenvalue weighted by Crippen LogP contribution is 2.30. The minimum absolute atomic E-state index is 0.0835. The summed E-state index contributed by atoms with van der Waals surface area (Å²) in [5.74, 6) is -0.951. The lowest BCUT2D eigenvalue weighted by Crippen LogP contribution is -2.59. The Kier molecular flexibility index (Phi) is 6.67. The molecular formula is C15H30N2O4. The van der Waals surface area contributed by atoms with Crippen molar-refractivity contribution in [1.29, 1.82) is 0 Å². The zero-order chi connectivity index (χ0) is 16.9. The third-order valence-corrected chi connectivity index (χ3v) is 4.23. The zero-order valence-corrected chi connectivity index (χ0v) is 14.3. The molecule has 0 aromatic rings. The number of rotatable bonds is 8. The first-order valence-corrected chi connectivity index (χ1v) is 7.14. The highest BCUT2D eigenvalue weighted by atomic mass is 16.5. The van der Waals surface area contributed by atoms with Gasteiger partial charge in [-0.1, -0.05) is 13.8 Å². The molecule has 124 valence electrons. The predicted molar refractivity (Wildman–Crippen MR) is 82.3 cm³/mol. The van der Waals surface area contributed by atoms with E-state index >= 15 is 0 Å². The Morgan fingerprint density at radius 2 is 1.62 bits per heavy atom. The summed E-state index contributed by atoms with van der Waals surface area (Å²) in [6.45, 7) is 11.8. The van der Waals surface area contributed by atoms with E-state index in [2.05, 4.69) is 10.6 Å². The van der Waals surface area contributed by atoms with Gasteiger partial charge in [-0.2, -0.15) is 0 Å². The molecule has 0 rings (SSSR count). The summed E-state index contributed by atoms with van der Waals surface area (Å²) < 4.78 is 5.04. The first-order valence-electron chi connectivity index (χ1n) is 7.14. The normalized spacial score (nSPS) is 12.9. The molecule has 0 aliphatic rings. The van der Waals surface area contributed by atoms with Gasteiger partial charge in [0, 0.05) is 20.3 Å². The maximum Gasteiger partial charge on any atom is 0.315 e. The molecule has 0 aromatic heterocycles. The van der Waals surface area contributed by atoms with Crippen LogP contribution in [0.1, 0.15) is 48.0 Å². The fraction of sp³-hybridized carbons (Fsp3) is 0.867. The third kappa shape index (κ3) is 5.91. The van der Waals surface area contributed by atoms with Crippen molar-refractivity contribution in [2.75, 3.05) is 20.3 Å². The van der Waals surface area contributed by atoms with E-state index in [1.807, 2.05) is 13.8 Å². The first-order chi connectivity index (χ1) is 9.35. The summed E-state index contributed by atoms with van der Waals surface area (Å²) in [4.78, 5) is 23.3. The molecule has 0 aromatic carbocycles. The second-order valence-corrected chi connectivity index (χ2v) is 7.27. The topological polar surface area (TPSA) is 87.7 Å². The van der Waals surface area contributed by atoms with Gasteiger partial charge < -0.3 is 20.5 Å².